The first kappa shape index (κ1) is 24.1. The molecule has 1 aliphatic rings. The number of hydrogen-bond donors (Lipinski definition) is 2. The van der Waals surface area contributed by atoms with Crippen LogP contribution in [0.2, 0.25) is 0 Å². The Hall–Kier alpha value is -0.930. The zero-order valence-electron chi connectivity index (χ0n) is 16.7. The maximum Gasteiger partial charge on any atom is 0.191 e. The van der Waals surface area contributed by atoms with Crippen LogP contribution in [0.3, 0.4) is 0 Å². The first-order valence-corrected chi connectivity index (χ1v) is 9.93. The van der Waals surface area contributed by atoms with Crippen LogP contribution in [0, 0.1) is 5.82 Å². The summed E-state index contributed by atoms with van der Waals surface area (Å²) in [5.74, 6) is 0.558. The zero-order valence-corrected chi connectivity index (χ0v) is 19.0. The summed E-state index contributed by atoms with van der Waals surface area (Å²) in [4.78, 5) is 9.55. The highest BCUT2D eigenvalue weighted by molar-refractivity contribution is 14.0. The number of nitrogens with zero attached hydrogens (tertiary/aromatic N) is 3. The maximum atomic E-state index is 13.7. The Morgan fingerprint density at radius 1 is 1.04 bits per heavy atom. The molecule has 0 atom stereocenters. The van der Waals surface area contributed by atoms with E-state index in [4.69, 9.17) is 0 Å². The van der Waals surface area contributed by atoms with Crippen molar-refractivity contribution < 1.29 is 4.39 Å². The molecule has 7 heteroatoms. The molecule has 1 aromatic carbocycles. The van der Waals surface area contributed by atoms with Crippen molar-refractivity contribution in [1.29, 1.82) is 0 Å². The number of likely N-dealkylation sites (N-methyl/N-ethyl adjacent to an activating group) is 1. The summed E-state index contributed by atoms with van der Waals surface area (Å²) in [6, 6.07) is 6.80. The Balaban J connectivity index is 0.00000364. The van der Waals surface area contributed by atoms with Crippen molar-refractivity contribution in [3.05, 3.63) is 35.6 Å². The van der Waals surface area contributed by atoms with Crippen molar-refractivity contribution >= 4 is 29.9 Å². The lowest BCUT2D eigenvalue weighted by atomic mass is 10.2. The van der Waals surface area contributed by atoms with Gasteiger partial charge in [-0.15, -0.1) is 24.0 Å². The molecule has 5 nitrogen and oxygen atoms in total. The summed E-state index contributed by atoms with van der Waals surface area (Å²) in [6.45, 7) is 13.4. The van der Waals surface area contributed by atoms with Gasteiger partial charge in [0.25, 0.3) is 0 Å². The fourth-order valence-electron chi connectivity index (χ4n) is 3.13. The summed E-state index contributed by atoms with van der Waals surface area (Å²) >= 11 is 0. The number of nitrogens with one attached hydrogen (secondary N) is 2. The first-order chi connectivity index (χ1) is 12.7. The molecular formula is C20H35FIN5. The fourth-order valence-corrected chi connectivity index (χ4v) is 3.13. The third kappa shape index (κ3) is 9.21. The Labute approximate surface area is 180 Å². The van der Waals surface area contributed by atoms with E-state index in [9.17, 15) is 4.39 Å². The highest BCUT2D eigenvalue weighted by Gasteiger charge is 2.14. The van der Waals surface area contributed by atoms with Crippen LogP contribution in [0.1, 0.15) is 32.3 Å². The minimum Gasteiger partial charge on any atom is -0.357 e. The molecule has 0 saturated carbocycles. The predicted molar refractivity (Wildman–Crippen MR) is 122 cm³/mol. The average molecular weight is 491 g/mol. The minimum atomic E-state index is -0.199. The highest BCUT2D eigenvalue weighted by atomic mass is 127. The number of benzene rings is 1. The summed E-state index contributed by atoms with van der Waals surface area (Å²) < 4.78 is 13.7. The quantitative estimate of drug-likeness (QED) is 0.241. The van der Waals surface area contributed by atoms with Gasteiger partial charge in [0.1, 0.15) is 5.82 Å². The monoisotopic (exact) mass is 491 g/mol. The molecule has 1 saturated heterocycles. The van der Waals surface area contributed by atoms with Crippen LogP contribution < -0.4 is 10.6 Å². The van der Waals surface area contributed by atoms with Gasteiger partial charge >= 0.3 is 0 Å². The largest absolute Gasteiger partial charge is 0.357 e. The van der Waals surface area contributed by atoms with Crippen LogP contribution >= 0.6 is 24.0 Å². The highest BCUT2D eigenvalue weighted by Crippen LogP contribution is 2.07. The molecule has 0 radical (unpaired) electrons. The molecule has 154 valence electrons. The molecule has 0 bridgehead atoms. The second kappa shape index (κ2) is 14.1. The lowest BCUT2D eigenvalue weighted by Crippen LogP contribution is -2.46. The van der Waals surface area contributed by atoms with Gasteiger partial charge in [-0.3, -0.25) is 0 Å². The number of piperazine rings is 1. The van der Waals surface area contributed by atoms with Gasteiger partial charge in [0, 0.05) is 44.8 Å². The van der Waals surface area contributed by atoms with E-state index in [-0.39, 0.29) is 29.8 Å². The summed E-state index contributed by atoms with van der Waals surface area (Å²) in [7, 11) is 0. The third-order valence-electron chi connectivity index (χ3n) is 4.82. The number of rotatable bonds is 9. The molecule has 27 heavy (non-hydrogen) atoms. The molecule has 0 amide bonds. The van der Waals surface area contributed by atoms with E-state index in [1.165, 1.54) is 45.2 Å². The Kier molecular flexibility index (Phi) is 12.6. The molecule has 1 heterocycles. The van der Waals surface area contributed by atoms with Gasteiger partial charge in [-0.25, -0.2) is 9.38 Å². The van der Waals surface area contributed by atoms with Crippen molar-refractivity contribution in [1.82, 2.24) is 20.4 Å². The Bertz CT molecular complexity index is 547. The fraction of sp³-hybridized carbons (Fsp3) is 0.650. The van der Waals surface area contributed by atoms with Crippen LogP contribution in [0.5, 0.6) is 0 Å². The SMILES string of the molecule is CCNC(=NCc1ccccc1F)NCCCCN1CCN(CC)CC1.I. The molecule has 0 aromatic heterocycles. The molecule has 0 aliphatic carbocycles. The van der Waals surface area contributed by atoms with Crippen molar-refractivity contribution in [3.8, 4) is 0 Å². The average Bonchev–Trinajstić information content (AvgIpc) is 2.67. The van der Waals surface area contributed by atoms with Crippen LogP contribution in [0.15, 0.2) is 29.3 Å². The predicted octanol–water partition coefficient (Wildman–Crippen LogP) is 2.92. The van der Waals surface area contributed by atoms with Crippen molar-refractivity contribution in [2.24, 2.45) is 4.99 Å². The number of guanidine groups is 1. The Morgan fingerprint density at radius 2 is 1.74 bits per heavy atom. The maximum absolute atomic E-state index is 13.7. The molecule has 2 rings (SSSR count). The van der Waals surface area contributed by atoms with E-state index >= 15 is 0 Å². The topological polar surface area (TPSA) is 42.9 Å². The third-order valence-corrected chi connectivity index (χ3v) is 4.82. The molecular weight excluding hydrogens is 456 g/mol. The minimum absolute atomic E-state index is 0. The lowest BCUT2D eigenvalue weighted by Gasteiger charge is -2.34. The number of aliphatic imine (C=N–C) groups is 1. The molecule has 1 aromatic rings. The van der Waals surface area contributed by atoms with E-state index in [1.807, 2.05) is 13.0 Å². The van der Waals surface area contributed by atoms with Gasteiger partial charge < -0.3 is 20.4 Å². The van der Waals surface area contributed by atoms with E-state index in [2.05, 4.69) is 32.3 Å². The first-order valence-electron chi connectivity index (χ1n) is 9.93. The van der Waals surface area contributed by atoms with Crippen molar-refractivity contribution in [3.63, 3.8) is 0 Å². The second-order valence-corrected chi connectivity index (χ2v) is 6.70. The van der Waals surface area contributed by atoms with E-state index in [0.29, 0.717) is 12.1 Å². The number of unbranched alkanes of at least 4 members (excludes halogenated alkanes) is 1. The van der Waals surface area contributed by atoms with E-state index < -0.39 is 0 Å². The second-order valence-electron chi connectivity index (χ2n) is 6.70. The zero-order chi connectivity index (χ0) is 18.6. The lowest BCUT2D eigenvalue weighted by molar-refractivity contribution is 0.136. The Morgan fingerprint density at radius 3 is 2.41 bits per heavy atom. The van der Waals surface area contributed by atoms with Crippen molar-refractivity contribution in [2.45, 2.75) is 33.2 Å². The van der Waals surface area contributed by atoms with Gasteiger partial charge in [-0.05, 0) is 38.9 Å². The smallest absolute Gasteiger partial charge is 0.191 e. The normalized spacial score (nSPS) is 16.0. The van der Waals surface area contributed by atoms with E-state index in [0.717, 1.165) is 32.0 Å². The standard InChI is InChI=1S/C20H34FN5.HI/c1-3-22-20(24-17-18-9-5-6-10-19(18)21)23-11-7-8-12-26-15-13-25(4-2)14-16-26;/h5-6,9-10H,3-4,7-8,11-17H2,1-2H3,(H2,22,23,24);1H. The van der Waals surface area contributed by atoms with Crippen LogP contribution in [-0.2, 0) is 6.54 Å². The van der Waals surface area contributed by atoms with Gasteiger partial charge in [0.05, 0.1) is 6.54 Å². The van der Waals surface area contributed by atoms with E-state index in [1.54, 1.807) is 12.1 Å². The van der Waals surface area contributed by atoms with Gasteiger partial charge in [0.15, 0.2) is 5.96 Å². The molecule has 0 spiro atoms. The van der Waals surface area contributed by atoms with Crippen LogP contribution in [-0.4, -0.2) is 68.1 Å². The summed E-state index contributed by atoms with van der Waals surface area (Å²) in [5, 5.41) is 6.58. The molecule has 1 aliphatic heterocycles. The number of halogens is 2. The molecule has 0 unspecified atom stereocenters. The van der Waals surface area contributed by atoms with Crippen LogP contribution in [0.4, 0.5) is 4.39 Å². The van der Waals surface area contributed by atoms with Gasteiger partial charge in [-0.2, -0.15) is 0 Å². The van der Waals surface area contributed by atoms with Gasteiger partial charge in [-0.1, -0.05) is 25.1 Å². The van der Waals surface area contributed by atoms with Crippen molar-refractivity contribution in [2.75, 3.05) is 52.4 Å². The van der Waals surface area contributed by atoms with Gasteiger partial charge in [0.2, 0.25) is 0 Å². The summed E-state index contributed by atoms with van der Waals surface area (Å²) in [5.41, 5.74) is 0.621. The number of hydrogen-bond acceptors (Lipinski definition) is 3. The molecule has 2 N–H and O–H groups in total. The van der Waals surface area contributed by atoms with Crippen LogP contribution in [0.25, 0.3) is 0 Å². The molecule has 1 fully saturated rings. The summed E-state index contributed by atoms with van der Waals surface area (Å²) in [6.07, 6.45) is 2.30.